The Morgan fingerprint density at radius 2 is 2.25 bits per heavy atom. The molecule has 8 heavy (non-hydrogen) atoms. The van der Waals surface area contributed by atoms with Crippen molar-refractivity contribution in [1.82, 2.24) is 0 Å². The van der Waals surface area contributed by atoms with E-state index >= 15 is 0 Å². The molecule has 0 aliphatic rings. The normalized spacial score (nSPS) is 16.0. The second kappa shape index (κ2) is 3.29. The third-order valence-corrected chi connectivity index (χ3v) is 0.697. The lowest BCUT2D eigenvalue weighted by molar-refractivity contribution is 0.152. The van der Waals surface area contributed by atoms with Crippen molar-refractivity contribution in [3.8, 4) is 0 Å². The number of aliphatic hydroxyl groups is 3. The first-order chi connectivity index (χ1) is 3.72. The van der Waals surface area contributed by atoms with E-state index < -0.39 is 11.9 Å². The topological polar surface area (TPSA) is 86.7 Å². The van der Waals surface area contributed by atoms with Crippen LogP contribution in [0.25, 0.3) is 0 Å². The smallest absolute Gasteiger partial charge is 0.156 e. The maximum absolute atomic E-state index is 8.52. The standard InChI is InChI=1S/C4H9NO3/c5-1-3(7)4(8)2-6/h2-3,6-8H,1,5H2. The van der Waals surface area contributed by atoms with Gasteiger partial charge in [-0.3, -0.25) is 0 Å². The van der Waals surface area contributed by atoms with Crippen LogP contribution in [0.1, 0.15) is 0 Å². The van der Waals surface area contributed by atoms with Crippen molar-refractivity contribution >= 4 is 0 Å². The summed E-state index contributed by atoms with van der Waals surface area (Å²) >= 11 is 0. The van der Waals surface area contributed by atoms with Crippen LogP contribution in [-0.4, -0.2) is 28.0 Å². The van der Waals surface area contributed by atoms with Gasteiger partial charge in [-0.25, -0.2) is 0 Å². The Morgan fingerprint density at radius 3 is 2.38 bits per heavy atom. The summed E-state index contributed by atoms with van der Waals surface area (Å²) in [4.78, 5) is 0. The largest absolute Gasteiger partial charge is 0.512 e. The molecule has 0 spiro atoms. The van der Waals surface area contributed by atoms with Crippen molar-refractivity contribution in [3.05, 3.63) is 12.0 Å². The molecule has 0 aliphatic carbocycles. The van der Waals surface area contributed by atoms with E-state index in [0.717, 1.165) is 0 Å². The van der Waals surface area contributed by atoms with Crippen LogP contribution < -0.4 is 5.73 Å². The van der Waals surface area contributed by atoms with Crippen LogP contribution in [0, 0.1) is 0 Å². The summed E-state index contributed by atoms with van der Waals surface area (Å²) in [6.07, 6.45) is -0.725. The molecule has 0 aromatic heterocycles. The van der Waals surface area contributed by atoms with Crippen LogP contribution in [0.4, 0.5) is 0 Å². The van der Waals surface area contributed by atoms with Crippen LogP contribution in [0.5, 0.6) is 0 Å². The number of aliphatic hydroxyl groups excluding tert-OH is 3. The lowest BCUT2D eigenvalue weighted by Crippen LogP contribution is -2.21. The van der Waals surface area contributed by atoms with Crippen LogP contribution in [0.15, 0.2) is 12.0 Å². The monoisotopic (exact) mass is 119 g/mol. The van der Waals surface area contributed by atoms with Crippen molar-refractivity contribution in [2.45, 2.75) is 6.10 Å². The van der Waals surface area contributed by atoms with Gasteiger partial charge in [0.1, 0.15) is 12.4 Å². The molecule has 0 amide bonds. The van der Waals surface area contributed by atoms with E-state index in [9.17, 15) is 0 Å². The minimum absolute atomic E-state index is 0.0944. The molecule has 0 radical (unpaired) electrons. The van der Waals surface area contributed by atoms with Gasteiger partial charge in [-0.05, 0) is 0 Å². The Kier molecular flexibility index (Phi) is 2.98. The molecule has 0 aliphatic heterocycles. The molecule has 0 heterocycles. The van der Waals surface area contributed by atoms with Crippen molar-refractivity contribution < 1.29 is 15.3 Å². The van der Waals surface area contributed by atoms with E-state index in [1.54, 1.807) is 0 Å². The second-order valence-corrected chi connectivity index (χ2v) is 1.31. The van der Waals surface area contributed by atoms with Crippen molar-refractivity contribution in [1.29, 1.82) is 0 Å². The Balaban J connectivity index is 3.63. The molecular weight excluding hydrogens is 110 g/mol. The zero-order chi connectivity index (χ0) is 6.57. The van der Waals surface area contributed by atoms with Crippen molar-refractivity contribution in [2.75, 3.05) is 6.54 Å². The summed E-state index contributed by atoms with van der Waals surface area (Å²) in [5.41, 5.74) is 4.89. The van der Waals surface area contributed by atoms with Gasteiger partial charge in [-0.15, -0.1) is 0 Å². The third-order valence-electron chi connectivity index (χ3n) is 0.697. The van der Waals surface area contributed by atoms with E-state index in [1.807, 2.05) is 0 Å². The van der Waals surface area contributed by atoms with E-state index in [0.29, 0.717) is 6.26 Å². The fraction of sp³-hybridized carbons (Fsp3) is 0.500. The number of hydrogen-bond donors (Lipinski definition) is 4. The van der Waals surface area contributed by atoms with Crippen LogP contribution in [0.3, 0.4) is 0 Å². The molecular formula is C4H9NO3. The Hall–Kier alpha value is -0.740. The van der Waals surface area contributed by atoms with Gasteiger partial charge in [-0.2, -0.15) is 0 Å². The Labute approximate surface area is 46.9 Å². The van der Waals surface area contributed by atoms with Gasteiger partial charge in [0, 0.05) is 6.54 Å². The van der Waals surface area contributed by atoms with Crippen LogP contribution in [-0.2, 0) is 0 Å². The average Bonchev–Trinajstić information content (AvgIpc) is 1.84. The SMILES string of the molecule is NCC(O)C(O)=CO. The van der Waals surface area contributed by atoms with E-state index in [4.69, 9.17) is 21.1 Å². The van der Waals surface area contributed by atoms with E-state index in [2.05, 4.69) is 0 Å². The Morgan fingerprint density at radius 1 is 1.75 bits per heavy atom. The van der Waals surface area contributed by atoms with Gasteiger partial charge < -0.3 is 21.1 Å². The summed E-state index contributed by atoms with van der Waals surface area (Å²) in [6.45, 7) is -0.0944. The molecule has 4 nitrogen and oxygen atoms in total. The van der Waals surface area contributed by atoms with Gasteiger partial charge in [0.15, 0.2) is 5.76 Å². The number of rotatable bonds is 2. The third kappa shape index (κ3) is 1.81. The fourth-order valence-electron chi connectivity index (χ4n) is 0.207. The average molecular weight is 119 g/mol. The Bertz CT molecular complexity index is 91.3. The predicted octanol–water partition coefficient (Wildman–Crippen LogP) is -0.737. The van der Waals surface area contributed by atoms with E-state index in [1.165, 1.54) is 0 Å². The molecule has 0 fully saturated rings. The van der Waals surface area contributed by atoms with Crippen LogP contribution in [0.2, 0.25) is 0 Å². The van der Waals surface area contributed by atoms with E-state index in [-0.39, 0.29) is 6.54 Å². The fourth-order valence-corrected chi connectivity index (χ4v) is 0.207. The molecule has 4 heteroatoms. The first kappa shape index (κ1) is 7.26. The summed E-state index contributed by atoms with van der Waals surface area (Å²) in [5.74, 6) is -0.507. The van der Waals surface area contributed by atoms with Gasteiger partial charge in [0.05, 0.1) is 0 Å². The van der Waals surface area contributed by atoms with Crippen LogP contribution >= 0.6 is 0 Å². The van der Waals surface area contributed by atoms with Crippen molar-refractivity contribution in [2.24, 2.45) is 5.73 Å². The molecule has 5 N–H and O–H groups in total. The summed E-state index contributed by atoms with van der Waals surface area (Å²) in [6, 6.07) is 0. The maximum atomic E-state index is 8.52. The zero-order valence-corrected chi connectivity index (χ0v) is 4.28. The molecule has 0 bridgehead atoms. The lowest BCUT2D eigenvalue weighted by atomic mass is 10.3. The molecule has 0 saturated carbocycles. The highest BCUT2D eigenvalue weighted by atomic mass is 16.3. The quantitative estimate of drug-likeness (QED) is 0.361. The maximum Gasteiger partial charge on any atom is 0.156 e. The number of nitrogens with two attached hydrogens (primary N) is 1. The minimum Gasteiger partial charge on any atom is -0.512 e. The van der Waals surface area contributed by atoms with Crippen molar-refractivity contribution in [3.63, 3.8) is 0 Å². The summed E-state index contributed by atoms with van der Waals surface area (Å²) in [7, 11) is 0. The second-order valence-electron chi connectivity index (χ2n) is 1.31. The first-order valence-corrected chi connectivity index (χ1v) is 2.13. The zero-order valence-electron chi connectivity index (χ0n) is 4.28. The molecule has 0 aromatic carbocycles. The first-order valence-electron chi connectivity index (χ1n) is 2.13. The minimum atomic E-state index is -1.14. The highest BCUT2D eigenvalue weighted by Crippen LogP contribution is 1.91. The molecule has 0 aromatic rings. The highest BCUT2D eigenvalue weighted by molar-refractivity contribution is 4.92. The molecule has 0 rings (SSSR count). The predicted molar refractivity (Wildman–Crippen MR) is 28.4 cm³/mol. The lowest BCUT2D eigenvalue weighted by Gasteiger charge is -2.02. The molecule has 1 unspecified atom stereocenters. The number of hydrogen-bond acceptors (Lipinski definition) is 4. The van der Waals surface area contributed by atoms with Gasteiger partial charge in [0.25, 0.3) is 0 Å². The highest BCUT2D eigenvalue weighted by Gasteiger charge is 2.04. The molecule has 0 saturated heterocycles. The van der Waals surface area contributed by atoms with Gasteiger partial charge >= 0.3 is 0 Å². The molecule has 1 atom stereocenters. The van der Waals surface area contributed by atoms with Gasteiger partial charge in [0.2, 0.25) is 0 Å². The van der Waals surface area contributed by atoms with Gasteiger partial charge in [-0.1, -0.05) is 0 Å². The molecule has 48 valence electrons. The summed E-state index contributed by atoms with van der Waals surface area (Å²) in [5, 5.41) is 24.9. The summed E-state index contributed by atoms with van der Waals surface area (Å²) < 4.78 is 0.